The van der Waals surface area contributed by atoms with Gasteiger partial charge in [0.05, 0.1) is 13.5 Å². The lowest BCUT2D eigenvalue weighted by atomic mass is 10.2. The quantitative estimate of drug-likeness (QED) is 0.582. The van der Waals surface area contributed by atoms with Crippen LogP contribution in [0.25, 0.3) is 0 Å². The molecule has 0 N–H and O–H groups in total. The van der Waals surface area contributed by atoms with E-state index >= 15 is 0 Å². The number of hydrogen-bond acceptors (Lipinski definition) is 4. The third-order valence-electron chi connectivity index (χ3n) is 2.34. The van der Waals surface area contributed by atoms with E-state index in [0.717, 1.165) is 18.7 Å². The van der Waals surface area contributed by atoms with Gasteiger partial charge in [0.1, 0.15) is 11.0 Å². The summed E-state index contributed by atoms with van der Waals surface area (Å²) in [6, 6.07) is 0. The van der Waals surface area contributed by atoms with Crippen LogP contribution in [0, 0.1) is 0 Å². The van der Waals surface area contributed by atoms with Gasteiger partial charge in [-0.15, -0.1) is 0 Å². The van der Waals surface area contributed by atoms with Crippen LogP contribution in [0.2, 0.25) is 5.15 Å². The number of nitrogens with zero attached hydrogens (tertiary/aromatic N) is 2. The van der Waals surface area contributed by atoms with Gasteiger partial charge in [0.15, 0.2) is 0 Å². The molecule has 0 amide bonds. The average Bonchev–Trinajstić information content (AvgIpc) is 3.04. The first-order chi connectivity index (χ1) is 7.20. The predicted octanol–water partition coefficient (Wildman–Crippen LogP) is 1.72. The Labute approximate surface area is 92.6 Å². The van der Waals surface area contributed by atoms with Crippen LogP contribution < -0.4 is 0 Å². The van der Waals surface area contributed by atoms with Gasteiger partial charge in [-0.3, -0.25) is 4.79 Å². The molecule has 2 rings (SSSR count). The van der Waals surface area contributed by atoms with E-state index in [-0.39, 0.29) is 12.4 Å². The molecule has 0 aliphatic heterocycles. The van der Waals surface area contributed by atoms with E-state index in [4.69, 9.17) is 11.6 Å². The smallest absolute Gasteiger partial charge is 0.310 e. The van der Waals surface area contributed by atoms with E-state index in [1.165, 1.54) is 7.11 Å². The minimum absolute atomic E-state index is 0.125. The summed E-state index contributed by atoms with van der Waals surface area (Å²) >= 11 is 5.94. The van der Waals surface area contributed by atoms with Crippen LogP contribution in [0.4, 0.5) is 0 Å². The number of carbonyl (C=O) groups is 1. The third kappa shape index (κ3) is 2.45. The Balaban J connectivity index is 2.14. The first-order valence-corrected chi connectivity index (χ1v) is 5.16. The molecular weight excluding hydrogens is 216 g/mol. The van der Waals surface area contributed by atoms with E-state index in [1.807, 2.05) is 0 Å². The van der Waals surface area contributed by atoms with Gasteiger partial charge in [0.2, 0.25) is 0 Å². The molecule has 1 heterocycles. The monoisotopic (exact) mass is 226 g/mol. The van der Waals surface area contributed by atoms with E-state index in [9.17, 15) is 4.79 Å². The maximum absolute atomic E-state index is 11.0. The fourth-order valence-electron chi connectivity index (χ4n) is 1.28. The highest BCUT2D eigenvalue weighted by Crippen LogP contribution is 2.38. The maximum Gasteiger partial charge on any atom is 0.310 e. The highest BCUT2D eigenvalue weighted by atomic mass is 35.5. The van der Waals surface area contributed by atoms with Crippen molar-refractivity contribution in [2.75, 3.05) is 7.11 Å². The standard InChI is InChI=1S/C10H11ClN2O2/c1-15-8(14)4-7-5-12-10(6-2-3-6)13-9(7)11/h5-6H,2-4H2,1H3. The molecular formula is C10H11ClN2O2. The Morgan fingerprint density at radius 1 is 1.67 bits per heavy atom. The molecule has 0 spiro atoms. The summed E-state index contributed by atoms with van der Waals surface area (Å²) < 4.78 is 4.55. The molecule has 1 aliphatic rings. The second-order valence-electron chi connectivity index (χ2n) is 3.57. The largest absolute Gasteiger partial charge is 0.469 e. The molecule has 0 radical (unpaired) electrons. The Hall–Kier alpha value is -1.16. The Morgan fingerprint density at radius 3 is 2.93 bits per heavy atom. The molecule has 15 heavy (non-hydrogen) atoms. The molecule has 1 saturated carbocycles. The molecule has 0 unspecified atom stereocenters. The molecule has 4 nitrogen and oxygen atoms in total. The summed E-state index contributed by atoms with van der Waals surface area (Å²) in [4.78, 5) is 19.4. The predicted molar refractivity (Wildman–Crippen MR) is 54.7 cm³/mol. The molecule has 1 aliphatic carbocycles. The Bertz CT molecular complexity index is 391. The van der Waals surface area contributed by atoms with Crippen LogP contribution in [0.15, 0.2) is 6.20 Å². The SMILES string of the molecule is COC(=O)Cc1cnc(C2CC2)nc1Cl. The van der Waals surface area contributed by atoms with E-state index in [0.29, 0.717) is 16.6 Å². The molecule has 1 aromatic heterocycles. The third-order valence-corrected chi connectivity index (χ3v) is 2.66. The first kappa shape index (κ1) is 10.4. The zero-order valence-corrected chi connectivity index (χ0v) is 9.12. The van der Waals surface area contributed by atoms with Crippen molar-refractivity contribution in [1.82, 2.24) is 9.97 Å². The number of ether oxygens (including phenoxy) is 1. The van der Waals surface area contributed by atoms with Crippen molar-refractivity contribution >= 4 is 17.6 Å². The summed E-state index contributed by atoms with van der Waals surface area (Å²) in [5, 5.41) is 0.359. The molecule has 5 heteroatoms. The molecule has 1 fully saturated rings. The van der Waals surface area contributed by atoms with Crippen LogP contribution in [0.1, 0.15) is 30.1 Å². The van der Waals surface area contributed by atoms with Crippen LogP contribution in [0.5, 0.6) is 0 Å². The molecule has 80 valence electrons. The summed E-state index contributed by atoms with van der Waals surface area (Å²) in [7, 11) is 1.34. The van der Waals surface area contributed by atoms with Crippen LogP contribution in [-0.4, -0.2) is 23.0 Å². The van der Waals surface area contributed by atoms with Gasteiger partial charge in [-0.2, -0.15) is 0 Å². The average molecular weight is 227 g/mol. The van der Waals surface area contributed by atoms with Crippen LogP contribution >= 0.6 is 11.6 Å². The number of halogens is 1. The zero-order valence-electron chi connectivity index (χ0n) is 8.36. The summed E-state index contributed by atoms with van der Waals surface area (Å²) in [5.74, 6) is 0.919. The fourth-order valence-corrected chi connectivity index (χ4v) is 1.49. The number of rotatable bonds is 3. The highest BCUT2D eigenvalue weighted by molar-refractivity contribution is 6.30. The number of esters is 1. The lowest BCUT2D eigenvalue weighted by Gasteiger charge is -2.03. The van der Waals surface area contributed by atoms with Crippen molar-refractivity contribution in [1.29, 1.82) is 0 Å². The van der Waals surface area contributed by atoms with Gasteiger partial charge in [0.25, 0.3) is 0 Å². The first-order valence-electron chi connectivity index (χ1n) is 4.79. The Morgan fingerprint density at radius 2 is 2.40 bits per heavy atom. The number of methoxy groups -OCH3 is 1. The molecule has 0 atom stereocenters. The van der Waals surface area contributed by atoms with Crippen molar-refractivity contribution in [2.24, 2.45) is 0 Å². The van der Waals surface area contributed by atoms with Crippen LogP contribution in [0.3, 0.4) is 0 Å². The van der Waals surface area contributed by atoms with Crippen molar-refractivity contribution in [3.05, 3.63) is 22.7 Å². The summed E-state index contributed by atoms with van der Waals surface area (Å²) in [6.45, 7) is 0. The van der Waals surface area contributed by atoms with Gasteiger partial charge in [-0.05, 0) is 12.8 Å². The van der Waals surface area contributed by atoms with E-state index in [2.05, 4.69) is 14.7 Å². The second kappa shape index (κ2) is 4.14. The van der Waals surface area contributed by atoms with Gasteiger partial charge in [-0.1, -0.05) is 11.6 Å². The Kier molecular flexibility index (Phi) is 2.86. The number of aromatic nitrogens is 2. The van der Waals surface area contributed by atoms with Gasteiger partial charge in [0, 0.05) is 17.7 Å². The summed E-state index contributed by atoms with van der Waals surface area (Å²) in [5.41, 5.74) is 0.618. The molecule has 0 saturated heterocycles. The van der Waals surface area contributed by atoms with E-state index in [1.54, 1.807) is 6.20 Å². The van der Waals surface area contributed by atoms with Crippen molar-refractivity contribution in [3.63, 3.8) is 0 Å². The van der Waals surface area contributed by atoms with Crippen LogP contribution in [-0.2, 0) is 16.0 Å². The lowest BCUT2D eigenvalue weighted by Crippen LogP contribution is -2.07. The van der Waals surface area contributed by atoms with Crippen molar-refractivity contribution in [3.8, 4) is 0 Å². The highest BCUT2D eigenvalue weighted by Gasteiger charge is 2.27. The second-order valence-corrected chi connectivity index (χ2v) is 3.93. The number of hydrogen-bond donors (Lipinski definition) is 0. The molecule has 0 bridgehead atoms. The van der Waals surface area contributed by atoms with Gasteiger partial charge >= 0.3 is 5.97 Å². The summed E-state index contributed by atoms with van der Waals surface area (Å²) in [6.07, 6.45) is 4.00. The minimum Gasteiger partial charge on any atom is -0.469 e. The minimum atomic E-state index is -0.334. The van der Waals surface area contributed by atoms with E-state index < -0.39 is 0 Å². The molecule has 0 aromatic carbocycles. The molecule has 1 aromatic rings. The van der Waals surface area contributed by atoms with Gasteiger partial charge < -0.3 is 4.74 Å². The zero-order chi connectivity index (χ0) is 10.8. The van der Waals surface area contributed by atoms with Gasteiger partial charge in [-0.25, -0.2) is 9.97 Å². The maximum atomic E-state index is 11.0. The fraction of sp³-hybridized carbons (Fsp3) is 0.500. The van der Waals surface area contributed by atoms with Crippen molar-refractivity contribution in [2.45, 2.75) is 25.2 Å². The topological polar surface area (TPSA) is 52.1 Å². The number of carbonyl (C=O) groups excluding carboxylic acids is 1. The normalized spacial score (nSPS) is 15.1. The van der Waals surface area contributed by atoms with Crippen molar-refractivity contribution < 1.29 is 9.53 Å². The lowest BCUT2D eigenvalue weighted by molar-refractivity contribution is -0.139.